The average Bonchev–Trinajstić information content (AvgIpc) is 3.06. The van der Waals surface area contributed by atoms with Gasteiger partial charge in [0.25, 0.3) is 5.91 Å². The second-order valence-corrected chi connectivity index (χ2v) is 9.71. The zero-order valence-electron chi connectivity index (χ0n) is 18.4. The monoisotopic (exact) mass is 495 g/mol. The molecule has 3 aromatic carbocycles. The van der Waals surface area contributed by atoms with Crippen molar-refractivity contribution in [1.82, 2.24) is 0 Å². The highest BCUT2D eigenvalue weighted by atomic mass is 35.5. The van der Waals surface area contributed by atoms with Crippen molar-refractivity contribution in [2.24, 2.45) is 0 Å². The summed E-state index contributed by atoms with van der Waals surface area (Å²) in [6, 6.07) is 19.0. The molecule has 0 aromatic heterocycles. The average molecular weight is 496 g/mol. The molecule has 3 aromatic rings. The SMILES string of the molecule is COc1cccc(/C=C2\SC(=S)N(c3ccc(C)cc3C)C2=O)c1OCc1ccc(Cl)cc1. The van der Waals surface area contributed by atoms with Crippen molar-refractivity contribution in [3.63, 3.8) is 0 Å². The van der Waals surface area contributed by atoms with Gasteiger partial charge in [0.15, 0.2) is 15.8 Å². The molecular formula is C26H22ClNO3S2. The van der Waals surface area contributed by atoms with E-state index < -0.39 is 0 Å². The predicted octanol–water partition coefficient (Wildman–Crippen LogP) is 6.95. The van der Waals surface area contributed by atoms with E-state index in [4.69, 9.17) is 33.3 Å². The smallest absolute Gasteiger partial charge is 0.270 e. The van der Waals surface area contributed by atoms with Gasteiger partial charge >= 0.3 is 0 Å². The number of thiocarbonyl (C=S) groups is 1. The summed E-state index contributed by atoms with van der Waals surface area (Å²) in [5.41, 5.74) is 4.65. The van der Waals surface area contributed by atoms with Crippen LogP contribution in [0, 0.1) is 13.8 Å². The Bertz CT molecular complexity index is 1250. The molecule has 33 heavy (non-hydrogen) atoms. The molecule has 4 rings (SSSR count). The lowest BCUT2D eigenvalue weighted by molar-refractivity contribution is -0.113. The van der Waals surface area contributed by atoms with E-state index in [0.717, 1.165) is 27.9 Å². The number of carbonyl (C=O) groups excluding carboxylic acids is 1. The van der Waals surface area contributed by atoms with Gasteiger partial charge in [-0.15, -0.1) is 0 Å². The van der Waals surface area contributed by atoms with Crippen molar-refractivity contribution >= 4 is 57.6 Å². The lowest BCUT2D eigenvalue weighted by Gasteiger charge is -2.17. The number of para-hydroxylation sites is 1. The Kier molecular flexibility index (Phi) is 7.08. The summed E-state index contributed by atoms with van der Waals surface area (Å²) in [5.74, 6) is 0.998. The number of carbonyl (C=O) groups is 1. The molecule has 4 nitrogen and oxygen atoms in total. The summed E-state index contributed by atoms with van der Waals surface area (Å²) in [5, 5.41) is 0.669. The molecular weight excluding hydrogens is 474 g/mol. The van der Waals surface area contributed by atoms with Crippen LogP contribution in [-0.4, -0.2) is 17.3 Å². The van der Waals surface area contributed by atoms with E-state index in [1.54, 1.807) is 12.0 Å². The third-order valence-electron chi connectivity index (χ3n) is 5.20. The summed E-state index contributed by atoms with van der Waals surface area (Å²) >= 11 is 12.8. The minimum atomic E-state index is -0.150. The molecule has 0 unspecified atom stereocenters. The fourth-order valence-corrected chi connectivity index (χ4v) is 4.97. The molecule has 168 valence electrons. The summed E-state index contributed by atoms with van der Waals surface area (Å²) in [6.07, 6.45) is 1.81. The quantitative estimate of drug-likeness (QED) is 0.273. The number of rotatable bonds is 6. The van der Waals surface area contributed by atoms with Gasteiger partial charge in [-0.3, -0.25) is 9.69 Å². The Hall–Kier alpha value is -2.80. The van der Waals surface area contributed by atoms with Crippen LogP contribution in [0.4, 0.5) is 5.69 Å². The van der Waals surface area contributed by atoms with Crippen LogP contribution in [-0.2, 0) is 11.4 Å². The van der Waals surface area contributed by atoms with E-state index >= 15 is 0 Å². The van der Waals surface area contributed by atoms with Crippen LogP contribution in [0.25, 0.3) is 6.08 Å². The number of anilines is 1. The van der Waals surface area contributed by atoms with Crippen LogP contribution in [0.2, 0.25) is 5.02 Å². The van der Waals surface area contributed by atoms with E-state index in [2.05, 4.69) is 0 Å². The first-order valence-electron chi connectivity index (χ1n) is 10.3. The van der Waals surface area contributed by atoms with Gasteiger partial charge in [-0.1, -0.05) is 77.5 Å². The molecule has 0 atom stereocenters. The van der Waals surface area contributed by atoms with E-state index in [1.165, 1.54) is 11.8 Å². The summed E-state index contributed by atoms with van der Waals surface area (Å²) in [6.45, 7) is 4.34. The normalized spacial score (nSPS) is 14.8. The van der Waals surface area contributed by atoms with Gasteiger partial charge < -0.3 is 9.47 Å². The highest BCUT2D eigenvalue weighted by Crippen LogP contribution is 2.40. The number of aryl methyl sites for hydroxylation is 2. The minimum absolute atomic E-state index is 0.150. The molecule has 0 spiro atoms. The second-order valence-electron chi connectivity index (χ2n) is 7.60. The number of benzene rings is 3. The third kappa shape index (κ3) is 5.08. The lowest BCUT2D eigenvalue weighted by Crippen LogP contribution is -2.28. The molecule has 0 radical (unpaired) electrons. The van der Waals surface area contributed by atoms with Crippen molar-refractivity contribution in [1.29, 1.82) is 0 Å². The van der Waals surface area contributed by atoms with Crippen LogP contribution in [0.15, 0.2) is 65.6 Å². The van der Waals surface area contributed by atoms with Gasteiger partial charge in [-0.25, -0.2) is 0 Å². The maximum atomic E-state index is 13.3. The summed E-state index contributed by atoms with van der Waals surface area (Å²) < 4.78 is 12.1. The van der Waals surface area contributed by atoms with E-state index in [0.29, 0.717) is 32.4 Å². The topological polar surface area (TPSA) is 38.8 Å². The van der Waals surface area contributed by atoms with Gasteiger partial charge in [0, 0.05) is 10.6 Å². The largest absolute Gasteiger partial charge is 0.493 e. The molecule has 7 heteroatoms. The van der Waals surface area contributed by atoms with Crippen LogP contribution in [0.3, 0.4) is 0 Å². The van der Waals surface area contributed by atoms with Crippen molar-refractivity contribution in [2.45, 2.75) is 20.5 Å². The highest BCUT2D eigenvalue weighted by molar-refractivity contribution is 8.27. The van der Waals surface area contributed by atoms with Crippen molar-refractivity contribution < 1.29 is 14.3 Å². The molecule has 1 amide bonds. The molecule has 1 aliphatic heterocycles. The number of amides is 1. The Balaban J connectivity index is 1.65. The molecule has 0 saturated carbocycles. The molecule has 1 fully saturated rings. The van der Waals surface area contributed by atoms with Crippen LogP contribution >= 0.6 is 35.6 Å². The first-order valence-corrected chi connectivity index (χ1v) is 11.9. The highest BCUT2D eigenvalue weighted by Gasteiger charge is 2.34. The first-order chi connectivity index (χ1) is 15.9. The zero-order chi connectivity index (χ0) is 23.5. The molecule has 1 saturated heterocycles. The number of ether oxygens (including phenoxy) is 2. The van der Waals surface area contributed by atoms with Crippen LogP contribution in [0.1, 0.15) is 22.3 Å². The second kappa shape index (κ2) is 10.00. The maximum absolute atomic E-state index is 13.3. The number of halogens is 1. The summed E-state index contributed by atoms with van der Waals surface area (Å²) in [4.78, 5) is 15.4. The Morgan fingerprint density at radius 1 is 1.09 bits per heavy atom. The Morgan fingerprint density at radius 3 is 2.55 bits per heavy atom. The molecule has 0 bridgehead atoms. The molecule has 1 aliphatic rings. The lowest BCUT2D eigenvalue weighted by atomic mass is 10.1. The summed E-state index contributed by atoms with van der Waals surface area (Å²) in [7, 11) is 1.59. The third-order valence-corrected chi connectivity index (χ3v) is 6.75. The fraction of sp³-hybridized carbons (Fsp3) is 0.154. The Morgan fingerprint density at radius 2 is 1.85 bits per heavy atom. The maximum Gasteiger partial charge on any atom is 0.270 e. The number of nitrogens with zero attached hydrogens (tertiary/aromatic N) is 1. The minimum Gasteiger partial charge on any atom is -0.493 e. The molecule has 1 heterocycles. The zero-order valence-corrected chi connectivity index (χ0v) is 20.8. The first kappa shape index (κ1) is 23.4. The van der Waals surface area contributed by atoms with Crippen molar-refractivity contribution in [2.75, 3.05) is 12.0 Å². The molecule has 0 aliphatic carbocycles. The van der Waals surface area contributed by atoms with Crippen molar-refractivity contribution in [3.05, 3.63) is 92.8 Å². The number of methoxy groups -OCH3 is 1. The van der Waals surface area contributed by atoms with Crippen LogP contribution < -0.4 is 14.4 Å². The number of hydrogen-bond acceptors (Lipinski definition) is 5. The number of hydrogen-bond donors (Lipinski definition) is 0. The standard InChI is InChI=1S/C26H22ClNO3S2/c1-16-7-12-21(17(2)13-16)28-25(29)23(33-26(28)32)14-19-5-4-6-22(30-3)24(19)31-15-18-8-10-20(27)11-9-18/h4-14H,15H2,1-3H3/b23-14-. The van der Waals surface area contributed by atoms with Crippen LogP contribution in [0.5, 0.6) is 11.5 Å². The van der Waals surface area contributed by atoms with Gasteiger partial charge in [-0.2, -0.15) is 0 Å². The van der Waals surface area contributed by atoms with Gasteiger partial charge in [-0.05, 0) is 55.3 Å². The Labute approximate surface area is 208 Å². The van der Waals surface area contributed by atoms with Gasteiger partial charge in [0.1, 0.15) is 6.61 Å². The molecule has 0 N–H and O–H groups in total. The fourth-order valence-electron chi connectivity index (χ4n) is 3.57. The van der Waals surface area contributed by atoms with Crippen molar-refractivity contribution in [3.8, 4) is 11.5 Å². The van der Waals surface area contributed by atoms with E-state index in [1.807, 2.05) is 80.6 Å². The van der Waals surface area contributed by atoms with E-state index in [9.17, 15) is 4.79 Å². The predicted molar refractivity (Wildman–Crippen MR) is 140 cm³/mol. The van der Waals surface area contributed by atoms with E-state index in [-0.39, 0.29) is 5.91 Å². The van der Waals surface area contributed by atoms with Gasteiger partial charge in [0.05, 0.1) is 17.7 Å². The van der Waals surface area contributed by atoms with Gasteiger partial charge in [0.2, 0.25) is 0 Å². The number of thioether (sulfide) groups is 1.